The quantitative estimate of drug-likeness (QED) is 0.560. The molecule has 0 aromatic rings. The first kappa shape index (κ1) is 15.4. The molecule has 0 atom stereocenters. The zero-order chi connectivity index (χ0) is 12.6. The Bertz CT molecular complexity index is 242. The highest BCUT2D eigenvalue weighted by molar-refractivity contribution is 5.02. The van der Waals surface area contributed by atoms with Crippen LogP contribution in [0.25, 0.3) is 0 Å². The normalized spacial score (nSPS) is 12.8. The molecule has 0 spiro atoms. The minimum Gasteiger partial charge on any atom is -0.372 e. The van der Waals surface area contributed by atoms with E-state index in [0.29, 0.717) is 0 Å². The van der Waals surface area contributed by atoms with Crippen molar-refractivity contribution in [2.75, 3.05) is 6.61 Å². The summed E-state index contributed by atoms with van der Waals surface area (Å²) >= 11 is 0. The standard InChI is InChI=1S/C15H28O/c1-7-15(5,6)16-12-11-14(4)10-8-9-13(2)3/h9,11H,7-8,10,12H2,1-6H3/b14-11+. The summed E-state index contributed by atoms with van der Waals surface area (Å²) in [4.78, 5) is 0. The highest BCUT2D eigenvalue weighted by atomic mass is 16.5. The fraction of sp³-hybridized carbons (Fsp3) is 0.733. The molecule has 1 heteroatoms. The van der Waals surface area contributed by atoms with Gasteiger partial charge in [-0.15, -0.1) is 0 Å². The summed E-state index contributed by atoms with van der Waals surface area (Å²) in [6.07, 6.45) is 7.82. The van der Waals surface area contributed by atoms with E-state index in [4.69, 9.17) is 4.74 Å². The van der Waals surface area contributed by atoms with Crippen LogP contribution in [0.4, 0.5) is 0 Å². The molecule has 0 unspecified atom stereocenters. The monoisotopic (exact) mass is 224 g/mol. The predicted octanol–water partition coefficient (Wildman–Crippen LogP) is 4.88. The lowest BCUT2D eigenvalue weighted by atomic mass is 10.1. The Morgan fingerprint density at radius 2 is 1.75 bits per heavy atom. The molecule has 0 aromatic heterocycles. The maximum absolute atomic E-state index is 5.78. The van der Waals surface area contributed by atoms with E-state index in [1.807, 2.05) is 0 Å². The second kappa shape index (κ2) is 7.67. The van der Waals surface area contributed by atoms with Crippen molar-refractivity contribution >= 4 is 0 Å². The first-order chi connectivity index (χ1) is 7.37. The number of allylic oxidation sites excluding steroid dienone is 3. The molecule has 94 valence electrons. The predicted molar refractivity (Wildman–Crippen MR) is 72.7 cm³/mol. The van der Waals surface area contributed by atoms with Crippen molar-refractivity contribution in [3.8, 4) is 0 Å². The lowest BCUT2D eigenvalue weighted by molar-refractivity contribution is -0.00372. The third kappa shape index (κ3) is 8.72. The van der Waals surface area contributed by atoms with E-state index in [-0.39, 0.29) is 5.60 Å². The van der Waals surface area contributed by atoms with E-state index >= 15 is 0 Å². The molecular formula is C15H28O. The number of hydrogen-bond acceptors (Lipinski definition) is 1. The van der Waals surface area contributed by atoms with Crippen LogP contribution in [0.5, 0.6) is 0 Å². The van der Waals surface area contributed by atoms with E-state index < -0.39 is 0 Å². The van der Waals surface area contributed by atoms with Gasteiger partial charge in [-0.1, -0.05) is 30.2 Å². The Morgan fingerprint density at radius 1 is 1.12 bits per heavy atom. The Kier molecular flexibility index (Phi) is 7.40. The average Bonchev–Trinajstić information content (AvgIpc) is 2.17. The van der Waals surface area contributed by atoms with Crippen LogP contribution in [0.2, 0.25) is 0 Å². The molecule has 0 aromatic carbocycles. The topological polar surface area (TPSA) is 9.23 Å². The van der Waals surface area contributed by atoms with Gasteiger partial charge in [-0.25, -0.2) is 0 Å². The van der Waals surface area contributed by atoms with Crippen LogP contribution >= 0.6 is 0 Å². The molecule has 0 aliphatic carbocycles. The SMILES string of the molecule is CCC(C)(C)OC/C=C(\C)CCC=C(C)C. The summed E-state index contributed by atoms with van der Waals surface area (Å²) in [5, 5.41) is 0. The van der Waals surface area contributed by atoms with Crippen LogP contribution in [0.3, 0.4) is 0 Å². The van der Waals surface area contributed by atoms with Gasteiger partial charge in [-0.3, -0.25) is 0 Å². The second-order valence-corrected chi connectivity index (χ2v) is 5.29. The molecule has 0 radical (unpaired) electrons. The Morgan fingerprint density at radius 3 is 2.25 bits per heavy atom. The van der Waals surface area contributed by atoms with E-state index in [1.54, 1.807) is 0 Å². The van der Waals surface area contributed by atoms with Gasteiger partial charge in [0, 0.05) is 0 Å². The van der Waals surface area contributed by atoms with Gasteiger partial charge in [0.2, 0.25) is 0 Å². The van der Waals surface area contributed by atoms with Crippen LogP contribution in [-0.2, 0) is 4.74 Å². The number of hydrogen-bond donors (Lipinski definition) is 0. The van der Waals surface area contributed by atoms with Crippen molar-refractivity contribution in [1.29, 1.82) is 0 Å². The summed E-state index contributed by atoms with van der Waals surface area (Å²) in [6, 6.07) is 0. The fourth-order valence-corrected chi connectivity index (χ4v) is 1.20. The third-order valence-corrected chi connectivity index (χ3v) is 2.85. The van der Waals surface area contributed by atoms with Crippen LogP contribution in [-0.4, -0.2) is 12.2 Å². The molecule has 16 heavy (non-hydrogen) atoms. The van der Waals surface area contributed by atoms with Crippen molar-refractivity contribution in [1.82, 2.24) is 0 Å². The van der Waals surface area contributed by atoms with Crippen molar-refractivity contribution < 1.29 is 4.74 Å². The molecular weight excluding hydrogens is 196 g/mol. The van der Waals surface area contributed by atoms with E-state index in [9.17, 15) is 0 Å². The number of ether oxygens (including phenoxy) is 1. The fourth-order valence-electron chi connectivity index (χ4n) is 1.20. The lowest BCUT2D eigenvalue weighted by Crippen LogP contribution is -2.23. The summed E-state index contributed by atoms with van der Waals surface area (Å²) in [6.45, 7) is 13.6. The Labute approximate surface area is 102 Å². The van der Waals surface area contributed by atoms with Crippen molar-refractivity contribution in [3.63, 3.8) is 0 Å². The lowest BCUT2D eigenvalue weighted by Gasteiger charge is -2.22. The van der Waals surface area contributed by atoms with Gasteiger partial charge < -0.3 is 4.74 Å². The molecule has 0 N–H and O–H groups in total. The Hall–Kier alpha value is -0.560. The van der Waals surface area contributed by atoms with E-state index in [0.717, 1.165) is 25.9 Å². The molecule has 1 nitrogen and oxygen atoms in total. The molecule has 0 saturated heterocycles. The Balaban J connectivity index is 3.83. The average molecular weight is 224 g/mol. The van der Waals surface area contributed by atoms with E-state index in [1.165, 1.54) is 11.1 Å². The number of rotatable bonds is 7. The summed E-state index contributed by atoms with van der Waals surface area (Å²) in [5.74, 6) is 0. The van der Waals surface area contributed by atoms with Gasteiger partial charge in [0.05, 0.1) is 12.2 Å². The summed E-state index contributed by atoms with van der Waals surface area (Å²) in [5.41, 5.74) is 2.83. The molecule has 0 amide bonds. The summed E-state index contributed by atoms with van der Waals surface area (Å²) in [7, 11) is 0. The zero-order valence-electron chi connectivity index (χ0n) is 11.9. The van der Waals surface area contributed by atoms with Crippen LogP contribution in [0, 0.1) is 0 Å². The van der Waals surface area contributed by atoms with Gasteiger partial charge in [0.25, 0.3) is 0 Å². The van der Waals surface area contributed by atoms with Gasteiger partial charge >= 0.3 is 0 Å². The van der Waals surface area contributed by atoms with Crippen LogP contribution in [0.1, 0.15) is 60.8 Å². The molecule has 0 fully saturated rings. The van der Waals surface area contributed by atoms with E-state index in [2.05, 4.69) is 53.7 Å². The molecule has 0 heterocycles. The van der Waals surface area contributed by atoms with Crippen LogP contribution < -0.4 is 0 Å². The second-order valence-electron chi connectivity index (χ2n) is 5.29. The van der Waals surface area contributed by atoms with Gasteiger partial charge in [0.15, 0.2) is 0 Å². The first-order valence-electron chi connectivity index (χ1n) is 6.30. The van der Waals surface area contributed by atoms with Crippen LogP contribution in [0.15, 0.2) is 23.3 Å². The highest BCUT2D eigenvalue weighted by Gasteiger charge is 2.13. The first-order valence-corrected chi connectivity index (χ1v) is 6.30. The molecule has 0 rings (SSSR count). The van der Waals surface area contributed by atoms with Crippen molar-refractivity contribution in [2.24, 2.45) is 0 Å². The highest BCUT2D eigenvalue weighted by Crippen LogP contribution is 2.14. The third-order valence-electron chi connectivity index (χ3n) is 2.85. The van der Waals surface area contributed by atoms with Gasteiger partial charge in [0.1, 0.15) is 0 Å². The minimum atomic E-state index is 0.0106. The van der Waals surface area contributed by atoms with Gasteiger partial charge in [-0.05, 0) is 53.9 Å². The van der Waals surface area contributed by atoms with Gasteiger partial charge in [-0.2, -0.15) is 0 Å². The molecule has 0 aliphatic rings. The van der Waals surface area contributed by atoms with Crippen molar-refractivity contribution in [2.45, 2.75) is 66.4 Å². The zero-order valence-corrected chi connectivity index (χ0v) is 11.9. The maximum atomic E-state index is 5.78. The largest absolute Gasteiger partial charge is 0.372 e. The van der Waals surface area contributed by atoms with Crippen molar-refractivity contribution in [3.05, 3.63) is 23.3 Å². The maximum Gasteiger partial charge on any atom is 0.0657 e. The molecule has 0 bridgehead atoms. The minimum absolute atomic E-state index is 0.0106. The summed E-state index contributed by atoms with van der Waals surface area (Å²) < 4.78 is 5.78. The molecule has 0 aliphatic heterocycles. The smallest absolute Gasteiger partial charge is 0.0657 e. The molecule has 0 saturated carbocycles.